The van der Waals surface area contributed by atoms with Gasteiger partial charge in [-0.05, 0) is 30.8 Å². The van der Waals surface area contributed by atoms with Crippen LogP contribution < -0.4 is 66.5 Å². The summed E-state index contributed by atoms with van der Waals surface area (Å²) >= 11 is 0. The summed E-state index contributed by atoms with van der Waals surface area (Å²) in [5.41, 5.74) is -1.35. The Kier molecular flexibility index (Phi) is 9.09. The number of alkyl halides is 1. The number of fused-ring (bicyclic) bond motifs is 1. The molecule has 2 aromatic heterocycles. The van der Waals surface area contributed by atoms with Crippen molar-refractivity contribution in [3.05, 3.63) is 92.5 Å². The molecule has 0 aliphatic carbocycles. The molecule has 176 valence electrons. The predicted octanol–water partition coefficient (Wildman–Crippen LogP) is 1.05. The molecule has 0 saturated carbocycles. The zero-order valence-corrected chi connectivity index (χ0v) is 22.6. The molecular formula is C22H17F2KN4O5S. The van der Waals surface area contributed by atoms with Crippen molar-refractivity contribution in [3.63, 3.8) is 0 Å². The van der Waals surface area contributed by atoms with Gasteiger partial charge in [0.25, 0.3) is 0 Å². The number of hydrogen-bond acceptors (Lipinski definition) is 7. The monoisotopic (exact) mass is 526 g/mol. The number of nitrogens with one attached hydrogen (secondary N) is 1. The van der Waals surface area contributed by atoms with Gasteiger partial charge >= 0.3 is 63.0 Å². The molecule has 2 heterocycles. The molecule has 0 bridgehead atoms. The van der Waals surface area contributed by atoms with Crippen LogP contribution in [0, 0.1) is 5.82 Å². The second kappa shape index (κ2) is 11.6. The van der Waals surface area contributed by atoms with E-state index in [4.69, 9.17) is 9.15 Å². The molecule has 0 aliphatic rings. The van der Waals surface area contributed by atoms with E-state index in [9.17, 15) is 22.0 Å². The van der Waals surface area contributed by atoms with E-state index in [2.05, 4.69) is 14.7 Å². The Morgan fingerprint density at radius 1 is 1.11 bits per heavy atom. The van der Waals surface area contributed by atoms with Gasteiger partial charge in [-0.3, -0.25) is 0 Å². The number of benzene rings is 2. The zero-order chi connectivity index (χ0) is 24.3. The molecule has 1 N–H and O–H groups in total. The number of hydrogen-bond donors (Lipinski definition) is 1. The number of rotatable bonds is 8. The standard InChI is InChI=1S/C22H17F2N4O5S.K/c1-25-34(30,31)28-18-5-2-4-13(20(18)24)10-16-17(12-23)15-7-6-14(11-19(15)33-21(16)29)32-22-26-8-3-9-27-22;/h2-9,11,25H,10,12H2,1H3;/q-1;+1. The molecule has 0 radical (unpaired) electrons. The molecule has 35 heavy (non-hydrogen) atoms. The first-order chi connectivity index (χ1) is 16.3. The van der Waals surface area contributed by atoms with E-state index < -0.39 is 34.0 Å². The quantitative estimate of drug-likeness (QED) is 0.269. The Morgan fingerprint density at radius 3 is 2.54 bits per heavy atom. The first-order valence-electron chi connectivity index (χ1n) is 9.84. The maximum absolute atomic E-state index is 14.9. The van der Waals surface area contributed by atoms with Gasteiger partial charge in [0.15, 0.2) is 10.2 Å². The van der Waals surface area contributed by atoms with Crippen molar-refractivity contribution >= 4 is 26.9 Å². The van der Waals surface area contributed by atoms with Crippen LogP contribution in [0.4, 0.5) is 14.5 Å². The molecule has 13 heteroatoms. The minimum atomic E-state index is -4.09. The largest absolute Gasteiger partial charge is 1.00 e. The molecule has 2 aromatic carbocycles. The minimum absolute atomic E-state index is 0. The first-order valence-corrected chi connectivity index (χ1v) is 11.3. The Hall–Kier alpha value is -2.26. The Morgan fingerprint density at radius 2 is 1.86 bits per heavy atom. The summed E-state index contributed by atoms with van der Waals surface area (Å²) in [6.07, 6.45) is 2.65. The summed E-state index contributed by atoms with van der Waals surface area (Å²) < 4.78 is 68.5. The molecule has 0 atom stereocenters. The maximum atomic E-state index is 14.9. The van der Waals surface area contributed by atoms with Gasteiger partial charge in [-0.1, -0.05) is 23.9 Å². The van der Waals surface area contributed by atoms with Crippen molar-refractivity contribution in [3.8, 4) is 11.8 Å². The van der Waals surface area contributed by atoms with Crippen LogP contribution in [0.5, 0.6) is 11.8 Å². The summed E-state index contributed by atoms with van der Waals surface area (Å²) in [6, 6.07) is 10.0. The second-order valence-corrected chi connectivity index (χ2v) is 8.51. The summed E-state index contributed by atoms with van der Waals surface area (Å²) in [4.78, 5) is 20.6. The average Bonchev–Trinajstić information content (AvgIpc) is 2.82. The minimum Gasteiger partial charge on any atom is -0.561 e. The van der Waals surface area contributed by atoms with Crippen LogP contribution in [0.2, 0.25) is 0 Å². The molecule has 0 fully saturated rings. The predicted molar refractivity (Wildman–Crippen MR) is 120 cm³/mol. The van der Waals surface area contributed by atoms with Gasteiger partial charge in [-0.15, -0.1) is 0 Å². The molecule has 0 spiro atoms. The Balaban J connectivity index is 0.00000342. The number of nitrogens with zero attached hydrogens (tertiary/aromatic N) is 3. The molecule has 0 unspecified atom stereocenters. The smallest absolute Gasteiger partial charge is 0.561 e. The van der Waals surface area contributed by atoms with Gasteiger partial charge in [-0.2, -0.15) is 0 Å². The van der Waals surface area contributed by atoms with Gasteiger partial charge in [0, 0.05) is 41.4 Å². The SMILES string of the molecule is CNS(=O)(=O)[N-]c1cccc(Cc2c(CF)c3ccc(Oc4ncccn4)cc3oc2=O)c1F.[K+]. The van der Waals surface area contributed by atoms with Gasteiger partial charge in [0.05, 0.1) is 0 Å². The Labute approximate surface area is 241 Å². The topological polar surface area (TPSA) is 125 Å². The summed E-state index contributed by atoms with van der Waals surface area (Å²) in [6.45, 7) is -1.01. The van der Waals surface area contributed by atoms with Crippen LogP contribution >= 0.6 is 0 Å². The fourth-order valence-electron chi connectivity index (χ4n) is 3.26. The third-order valence-corrected chi connectivity index (χ3v) is 5.83. The molecule has 0 saturated heterocycles. The van der Waals surface area contributed by atoms with Crippen LogP contribution in [0.1, 0.15) is 16.7 Å². The molecule has 0 amide bonds. The van der Waals surface area contributed by atoms with Crippen molar-refractivity contribution in [2.45, 2.75) is 13.1 Å². The van der Waals surface area contributed by atoms with Gasteiger partial charge in [-0.25, -0.2) is 36.7 Å². The van der Waals surface area contributed by atoms with Gasteiger partial charge < -0.3 is 13.9 Å². The van der Waals surface area contributed by atoms with E-state index in [-0.39, 0.29) is 91.8 Å². The zero-order valence-electron chi connectivity index (χ0n) is 18.7. The third kappa shape index (κ3) is 6.30. The number of ether oxygens (including phenoxy) is 1. The Bertz CT molecular complexity index is 1520. The number of halogens is 2. The van der Waals surface area contributed by atoms with Crippen LogP contribution in [0.25, 0.3) is 15.7 Å². The fourth-order valence-corrected chi connectivity index (χ4v) is 3.75. The van der Waals surface area contributed by atoms with E-state index in [1.807, 2.05) is 4.72 Å². The molecule has 0 aliphatic heterocycles. The van der Waals surface area contributed by atoms with Crippen LogP contribution in [0.3, 0.4) is 0 Å². The van der Waals surface area contributed by atoms with Crippen molar-refractivity contribution in [2.75, 3.05) is 7.05 Å². The molecule has 4 rings (SSSR count). The maximum Gasteiger partial charge on any atom is 1.00 e. The van der Waals surface area contributed by atoms with Crippen LogP contribution in [-0.2, 0) is 23.3 Å². The second-order valence-electron chi connectivity index (χ2n) is 6.97. The normalized spacial score (nSPS) is 11.2. The first kappa shape index (κ1) is 27.3. The van der Waals surface area contributed by atoms with Crippen LogP contribution in [-0.4, -0.2) is 25.4 Å². The summed E-state index contributed by atoms with van der Waals surface area (Å²) in [5, 5.41) is 0.303. The van der Waals surface area contributed by atoms with Crippen molar-refractivity contribution in [2.24, 2.45) is 0 Å². The van der Waals surface area contributed by atoms with Gasteiger partial charge in [0.1, 0.15) is 23.8 Å². The van der Waals surface area contributed by atoms with Crippen molar-refractivity contribution in [1.82, 2.24) is 14.7 Å². The average molecular weight is 527 g/mol. The van der Waals surface area contributed by atoms with Crippen molar-refractivity contribution < 1.29 is 77.7 Å². The van der Waals surface area contributed by atoms with E-state index in [1.165, 1.54) is 48.8 Å². The van der Waals surface area contributed by atoms with E-state index >= 15 is 0 Å². The van der Waals surface area contributed by atoms with E-state index in [0.717, 1.165) is 7.05 Å². The fraction of sp³-hybridized carbons (Fsp3) is 0.136. The van der Waals surface area contributed by atoms with Gasteiger partial charge in [0.2, 0.25) is 0 Å². The molecule has 9 nitrogen and oxygen atoms in total. The summed E-state index contributed by atoms with van der Waals surface area (Å²) in [7, 11) is -2.95. The van der Waals surface area contributed by atoms with E-state index in [1.54, 1.807) is 6.07 Å². The van der Waals surface area contributed by atoms with E-state index in [0.29, 0.717) is 5.39 Å². The van der Waals surface area contributed by atoms with Crippen molar-refractivity contribution in [1.29, 1.82) is 0 Å². The summed E-state index contributed by atoms with van der Waals surface area (Å²) in [5.74, 6) is -0.678. The third-order valence-electron chi connectivity index (χ3n) is 4.88. The molecular weight excluding hydrogens is 509 g/mol. The number of aromatic nitrogens is 2. The van der Waals surface area contributed by atoms with Crippen LogP contribution in [0.15, 0.2) is 64.1 Å². The molecule has 4 aromatic rings.